The van der Waals surface area contributed by atoms with Crippen LogP contribution >= 0.6 is 0 Å². The Bertz CT molecular complexity index is 1400. The maximum absolute atomic E-state index is 13.4. The van der Waals surface area contributed by atoms with Crippen molar-refractivity contribution in [3.63, 3.8) is 0 Å². The summed E-state index contributed by atoms with van der Waals surface area (Å²) in [6.07, 6.45) is 8.06. The molecule has 0 saturated heterocycles. The summed E-state index contributed by atoms with van der Waals surface area (Å²) in [7, 11) is 3.13. The number of nitro benzene ring substituents is 1. The Hall–Kier alpha value is -4.80. The van der Waals surface area contributed by atoms with Crippen LogP contribution in [0.15, 0.2) is 66.8 Å². The zero-order valence-corrected chi connectivity index (χ0v) is 22.4. The highest BCUT2D eigenvalue weighted by Crippen LogP contribution is 2.27. The van der Waals surface area contributed by atoms with E-state index in [0.717, 1.165) is 5.56 Å². The Kier molecular flexibility index (Phi) is 9.05. The molecule has 0 aromatic heterocycles. The highest BCUT2D eigenvalue weighted by Gasteiger charge is 2.46. The molecule has 2 aromatic rings. The number of non-ortho nitro benzene ring substituents is 1. The van der Waals surface area contributed by atoms with Crippen molar-refractivity contribution in [2.45, 2.75) is 25.8 Å². The number of benzene rings is 2. The third-order valence-corrected chi connectivity index (χ3v) is 6.76. The van der Waals surface area contributed by atoms with Crippen molar-refractivity contribution in [1.29, 1.82) is 0 Å². The Morgan fingerprint density at radius 1 is 1.05 bits per heavy atom. The number of carbonyl (C=O) groups is 3. The molecule has 208 valence electrons. The number of allylic oxidation sites excluding steroid dienone is 3. The molecular weight excluding hydrogens is 516 g/mol. The number of amides is 4. The van der Waals surface area contributed by atoms with Crippen LogP contribution in [0.1, 0.15) is 24.0 Å². The second kappa shape index (κ2) is 12.8. The van der Waals surface area contributed by atoms with E-state index < -0.39 is 16.9 Å². The molecule has 4 rings (SSSR count). The van der Waals surface area contributed by atoms with Gasteiger partial charge in [-0.1, -0.05) is 24.3 Å². The van der Waals surface area contributed by atoms with Crippen LogP contribution in [0.5, 0.6) is 11.5 Å². The van der Waals surface area contributed by atoms with Crippen molar-refractivity contribution in [2.24, 2.45) is 5.92 Å². The van der Waals surface area contributed by atoms with Crippen molar-refractivity contribution >= 4 is 29.2 Å². The van der Waals surface area contributed by atoms with E-state index in [1.54, 1.807) is 50.7 Å². The van der Waals surface area contributed by atoms with Crippen molar-refractivity contribution in [3.8, 4) is 11.5 Å². The maximum atomic E-state index is 13.4. The Labute approximate surface area is 231 Å². The Morgan fingerprint density at radius 2 is 1.77 bits per heavy atom. The first kappa shape index (κ1) is 28.2. The summed E-state index contributed by atoms with van der Waals surface area (Å²) in [5.41, 5.74) is 2.19. The summed E-state index contributed by atoms with van der Waals surface area (Å²) >= 11 is 0. The van der Waals surface area contributed by atoms with Crippen molar-refractivity contribution in [1.82, 2.24) is 10.2 Å². The van der Waals surface area contributed by atoms with E-state index in [1.807, 2.05) is 18.2 Å². The van der Waals surface area contributed by atoms with E-state index in [1.165, 1.54) is 21.6 Å². The largest absolute Gasteiger partial charge is 0.501 e. The lowest BCUT2D eigenvalue weighted by molar-refractivity contribution is -0.456. The average Bonchev–Trinajstić information content (AvgIpc) is 2.97. The molecule has 0 spiro atoms. The Balaban J connectivity index is 1.34. The second-order valence-corrected chi connectivity index (χ2v) is 9.32. The van der Waals surface area contributed by atoms with Crippen LogP contribution in [-0.2, 0) is 22.6 Å². The maximum Gasteiger partial charge on any atom is 0.501 e. The lowest BCUT2D eigenvalue weighted by atomic mass is 9.94. The third-order valence-electron chi connectivity index (χ3n) is 6.76. The molecule has 1 atom stereocenters. The quantitative estimate of drug-likeness (QED) is 0.245. The van der Waals surface area contributed by atoms with Gasteiger partial charge in [-0.05, 0) is 54.3 Å². The molecule has 11 heteroatoms. The molecule has 40 heavy (non-hydrogen) atoms. The molecule has 0 saturated carbocycles. The number of rotatable bonds is 12. The zero-order chi connectivity index (χ0) is 28.6. The van der Waals surface area contributed by atoms with Crippen LogP contribution in [0.4, 0.5) is 10.5 Å². The first-order valence-corrected chi connectivity index (χ1v) is 12.9. The van der Waals surface area contributed by atoms with E-state index in [4.69, 9.17) is 9.47 Å². The van der Waals surface area contributed by atoms with Crippen molar-refractivity contribution < 1.29 is 33.4 Å². The minimum absolute atomic E-state index is 0.0430. The summed E-state index contributed by atoms with van der Waals surface area (Å²) in [5, 5.41) is 13.9. The van der Waals surface area contributed by atoms with Gasteiger partial charge in [0, 0.05) is 25.1 Å². The number of nitro groups is 1. The van der Waals surface area contributed by atoms with E-state index in [-0.39, 0.29) is 37.0 Å². The molecule has 0 bridgehead atoms. The molecule has 1 aliphatic heterocycles. The van der Waals surface area contributed by atoms with Gasteiger partial charge in [0.1, 0.15) is 18.2 Å². The third kappa shape index (κ3) is 6.42. The monoisotopic (exact) mass is 547 g/mol. The lowest BCUT2D eigenvalue weighted by Crippen LogP contribution is -2.54. The lowest BCUT2D eigenvalue weighted by Gasteiger charge is -2.26. The number of hydrogen-bond acceptors (Lipinski definition) is 7. The van der Waals surface area contributed by atoms with E-state index >= 15 is 0 Å². The molecule has 1 N–H and O–H groups in total. The summed E-state index contributed by atoms with van der Waals surface area (Å²) < 4.78 is 12.1. The first-order chi connectivity index (χ1) is 19.3. The topological polar surface area (TPSA) is 131 Å². The molecular formula is C29H31N4O7+. The van der Waals surface area contributed by atoms with Crippen LogP contribution in [0, 0.1) is 16.0 Å². The van der Waals surface area contributed by atoms with Crippen LogP contribution < -0.4 is 14.8 Å². The zero-order valence-electron chi connectivity index (χ0n) is 22.4. The molecule has 4 amide bonds. The number of imide groups is 1. The summed E-state index contributed by atoms with van der Waals surface area (Å²) in [5.74, 6) is 0.125. The molecule has 1 aliphatic carbocycles. The number of nitrogens with one attached hydrogen (secondary N) is 1. The summed E-state index contributed by atoms with van der Waals surface area (Å²) in [6.45, 7) is 0.677. The minimum atomic E-state index is -0.615. The molecule has 2 aliphatic rings. The molecule has 11 nitrogen and oxygen atoms in total. The van der Waals surface area contributed by atoms with E-state index in [2.05, 4.69) is 5.32 Å². The number of methoxy groups -OCH3 is 2. The SMILES string of the molecule is COc1ccc(CCNC(=O)CCCN2C(=O)C3C=CC=CC3=[N+](Cc3ccc([N+](=O)[O-])cc3)C2=O)cc1OC. The van der Waals surface area contributed by atoms with Crippen molar-refractivity contribution in [2.75, 3.05) is 27.3 Å². The predicted octanol–water partition coefficient (Wildman–Crippen LogP) is 3.41. The highest BCUT2D eigenvalue weighted by atomic mass is 16.6. The molecule has 0 fully saturated rings. The molecule has 1 heterocycles. The van der Waals surface area contributed by atoms with Gasteiger partial charge < -0.3 is 14.8 Å². The van der Waals surface area contributed by atoms with Gasteiger partial charge in [0.05, 0.1) is 25.7 Å². The first-order valence-electron chi connectivity index (χ1n) is 12.9. The highest BCUT2D eigenvalue weighted by molar-refractivity contribution is 6.16. The van der Waals surface area contributed by atoms with E-state index in [0.29, 0.717) is 42.2 Å². The fourth-order valence-corrected chi connectivity index (χ4v) is 4.66. The number of fused-ring (bicyclic) bond motifs is 1. The smallest absolute Gasteiger partial charge is 0.493 e. The number of nitrogens with zero attached hydrogens (tertiary/aromatic N) is 3. The van der Waals surface area contributed by atoms with Crippen molar-refractivity contribution in [3.05, 3.63) is 88.0 Å². The summed E-state index contributed by atoms with van der Waals surface area (Å²) in [4.78, 5) is 50.7. The molecule has 2 aromatic carbocycles. The van der Waals surface area contributed by atoms with Gasteiger partial charge in [-0.25, -0.2) is 4.79 Å². The summed E-state index contributed by atoms with van der Waals surface area (Å²) in [6, 6.07) is 11.1. The standard InChI is InChI=1S/C29H30N4O7/c1-39-25-14-11-20(18-26(25)40-2)15-16-30-27(34)8-5-17-31-28(35)23-6-3-4-7-24(23)32(29(31)36)19-21-9-12-22(13-10-21)33(37)38/h3-4,6-7,9-14,18,23H,5,8,15-17,19H2,1-2H3/p+1. The fourth-order valence-electron chi connectivity index (χ4n) is 4.66. The van der Waals surface area contributed by atoms with Gasteiger partial charge in [0.25, 0.3) is 5.69 Å². The van der Waals surface area contributed by atoms with Gasteiger partial charge in [-0.15, -0.1) is 0 Å². The molecule has 1 unspecified atom stereocenters. The minimum Gasteiger partial charge on any atom is -0.493 e. The van der Waals surface area contributed by atoms with Gasteiger partial charge >= 0.3 is 11.9 Å². The van der Waals surface area contributed by atoms with Crippen LogP contribution in [0.25, 0.3) is 0 Å². The normalized spacial score (nSPS) is 16.1. The number of carbonyl (C=O) groups excluding carboxylic acids is 3. The number of hydrogen-bond donors (Lipinski definition) is 1. The van der Waals surface area contributed by atoms with Crippen LogP contribution in [-0.4, -0.2) is 65.3 Å². The molecule has 0 radical (unpaired) electrons. The van der Waals surface area contributed by atoms with Gasteiger partial charge in [-0.2, -0.15) is 14.3 Å². The van der Waals surface area contributed by atoms with Gasteiger partial charge in [-0.3, -0.25) is 14.9 Å². The average molecular weight is 548 g/mol. The Morgan fingerprint density at radius 3 is 2.48 bits per heavy atom. The van der Waals surface area contributed by atoms with Crippen LogP contribution in [0.3, 0.4) is 0 Å². The fraction of sp³-hybridized carbons (Fsp3) is 0.310. The number of ether oxygens (including phenoxy) is 2. The second-order valence-electron chi connectivity index (χ2n) is 9.32. The number of urea groups is 1. The predicted molar refractivity (Wildman–Crippen MR) is 146 cm³/mol. The van der Waals surface area contributed by atoms with Crippen LogP contribution in [0.2, 0.25) is 0 Å². The van der Waals surface area contributed by atoms with Gasteiger partial charge in [0.15, 0.2) is 11.5 Å². The van der Waals surface area contributed by atoms with E-state index in [9.17, 15) is 24.5 Å². The van der Waals surface area contributed by atoms with Gasteiger partial charge in [0.2, 0.25) is 5.91 Å².